The lowest BCUT2D eigenvalue weighted by atomic mass is 10.2. The van der Waals surface area contributed by atoms with E-state index in [4.69, 9.17) is 9.47 Å². The highest BCUT2D eigenvalue weighted by Gasteiger charge is 2.21. The summed E-state index contributed by atoms with van der Waals surface area (Å²) >= 11 is 3.01. The number of carbonyl (C=O) groups excluding carboxylic acids is 1. The van der Waals surface area contributed by atoms with Crippen LogP contribution in [0.1, 0.15) is 13.8 Å². The van der Waals surface area contributed by atoms with Crippen LogP contribution in [0.5, 0.6) is 11.5 Å². The van der Waals surface area contributed by atoms with E-state index in [1.54, 1.807) is 29.5 Å². The van der Waals surface area contributed by atoms with E-state index in [1.807, 2.05) is 35.9 Å². The summed E-state index contributed by atoms with van der Waals surface area (Å²) < 4.78 is 12.7. The average molecular weight is 403 g/mol. The maximum Gasteiger partial charge on any atom is 0.237 e. The van der Waals surface area contributed by atoms with Crippen LogP contribution >= 0.6 is 23.1 Å². The molecule has 1 atom stereocenters. The van der Waals surface area contributed by atoms with Gasteiger partial charge in [-0.3, -0.25) is 4.79 Å². The first-order chi connectivity index (χ1) is 13.2. The molecule has 2 aromatic heterocycles. The number of hydrogen-bond acceptors (Lipinski definition) is 7. The highest BCUT2D eigenvalue weighted by Crippen LogP contribution is 2.35. The van der Waals surface area contributed by atoms with Crippen LogP contribution in [-0.4, -0.2) is 32.7 Å². The number of nitrogens with zero attached hydrogens (tertiary/aromatic N) is 3. The van der Waals surface area contributed by atoms with Crippen molar-refractivity contribution in [3.05, 3.63) is 35.7 Å². The van der Waals surface area contributed by atoms with Crippen molar-refractivity contribution >= 4 is 34.7 Å². The van der Waals surface area contributed by atoms with Crippen molar-refractivity contribution in [2.24, 2.45) is 0 Å². The molecule has 0 unspecified atom stereocenters. The van der Waals surface area contributed by atoms with Crippen LogP contribution in [-0.2, 0) is 11.3 Å². The number of benzene rings is 1. The third-order valence-electron chi connectivity index (χ3n) is 4.07. The van der Waals surface area contributed by atoms with Crippen LogP contribution in [0.25, 0.3) is 10.7 Å². The van der Waals surface area contributed by atoms with Gasteiger partial charge in [-0.2, -0.15) is 0 Å². The van der Waals surface area contributed by atoms with Crippen molar-refractivity contribution in [3.8, 4) is 22.2 Å². The Labute approximate surface area is 164 Å². The van der Waals surface area contributed by atoms with Gasteiger partial charge in [0, 0.05) is 18.3 Å². The molecule has 1 amide bonds. The summed E-state index contributed by atoms with van der Waals surface area (Å²) in [7, 11) is 0. The third-order valence-corrected chi connectivity index (χ3v) is 6.01. The molecule has 1 aliphatic heterocycles. The van der Waals surface area contributed by atoms with E-state index in [2.05, 4.69) is 15.5 Å². The van der Waals surface area contributed by atoms with Crippen molar-refractivity contribution in [2.45, 2.75) is 30.8 Å². The number of thioether (sulfide) groups is 1. The first-order valence-corrected chi connectivity index (χ1v) is 10.3. The molecular weight excluding hydrogens is 384 g/mol. The second-order valence-electron chi connectivity index (χ2n) is 5.85. The number of thiophene rings is 1. The van der Waals surface area contributed by atoms with E-state index in [0.29, 0.717) is 17.2 Å². The van der Waals surface area contributed by atoms with Crippen LogP contribution in [0.2, 0.25) is 0 Å². The molecule has 7 nitrogen and oxygen atoms in total. The fraction of sp³-hybridized carbons (Fsp3) is 0.278. The van der Waals surface area contributed by atoms with Crippen LogP contribution in [0.4, 0.5) is 5.69 Å². The molecule has 0 aliphatic carbocycles. The second kappa shape index (κ2) is 7.61. The zero-order chi connectivity index (χ0) is 18.8. The van der Waals surface area contributed by atoms with Gasteiger partial charge in [-0.1, -0.05) is 17.8 Å². The summed E-state index contributed by atoms with van der Waals surface area (Å²) in [5.41, 5.74) is 0.674. The van der Waals surface area contributed by atoms with Gasteiger partial charge in [-0.25, -0.2) is 0 Å². The number of rotatable bonds is 6. The number of amides is 1. The number of anilines is 1. The van der Waals surface area contributed by atoms with Gasteiger partial charge < -0.3 is 19.4 Å². The highest BCUT2D eigenvalue weighted by molar-refractivity contribution is 8.00. The highest BCUT2D eigenvalue weighted by atomic mass is 32.2. The molecule has 140 valence electrons. The van der Waals surface area contributed by atoms with Gasteiger partial charge in [0.05, 0.1) is 10.1 Å². The Morgan fingerprint density at radius 3 is 2.96 bits per heavy atom. The molecule has 1 N–H and O–H groups in total. The quantitative estimate of drug-likeness (QED) is 0.631. The minimum Gasteiger partial charge on any atom is -0.454 e. The van der Waals surface area contributed by atoms with Crippen molar-refractivity contribution in [1.82, 2.24) is 14.8 Å². The third kappa shape index (κ3) is 3.65. The standard InChI is InChI=1S/C18H18N4O3S2/c1-3-22-16(15-5-4-8-26-15)20-21-18(22)27-11(2)17(23)19-12-6-7-13-14(9-12)25-10-24-13/h4-9,11H,3,10H2,1-2H3,(H,19,23)/t11-/m1/s1. The topological polar surface area (TPSA) is 78.3 Å². The zero-order valence-corrected chi connectivity index (χ0v) is 16.5. The molecule has 1 aromatic carbocycles. The molecule has 3 heterocycles. The molecular formula is C18H18N4O3S2. The second-order valence-corrected chi connectivity index (χ2v) is 8.10. The minimum atomic E-state index is -0.332. The Kier molecular flexibility index (Phi) is 5.04. The van der Waals surface area contributed by atoms with Gasteiger partial charge >= 0.3 is 0 Å². The monoisotopic (exact) mass is 402 g/mol. The lowest BCUT2D eigenvalue weighted by Gasteiger charge is -2.13. The molecule has 3 aromatic rings. The predicted molar refractivity (Wildman–Crippen MR) is 106 cm³/mol. The summed E-state index contributed by atoms with van der Waals surface area (Å²) in [6, 6.07) is 9.36. The van der Waals surface area contributed by atoms with Gasteiger partial charge in [0.1, 0.15) is 0 Å². The minimum absolute atomic E-state index is 0.109. The largest absolute Gasteiger partial charge is 0.454 e. The number of ether oxygens (including phenoxy) is 2. The summed E-state index contributed by atoms with van der Waals surface area (Å²) in [6.07, 6.45) is 0. The van der Waals surface area contributed by atoms with Crippen LogP contribution in [0.15, 0.2) is 40.9 Å². The Balaban J connectivity index is 1.46. The molecule has 0 fully saturated rings. The molecule has 4 rings (SSSR count). The van der Waals surface area contributed by atoms with Crippen molar-refractivity contribution < 1.29 is 14.3 Å². The average Bonchev–Trinajstić information content (AvgIpc) is 3.41. The normalized spacial score (nSPS) is 13.6. The summed E-state index contributed by atoms with van der Waals surface area (Å²) in [6.45, 7) is 4.84. The van der Waals surface area contributed by atoms with Crippen LogP contribution in [0.3, 0.4) is 0 Å². The fourth-order valence-electron chi connectivity index (χ4n) is 2.68. The predicted octanol–water partition coefficient (Wildman–Crippen LogP) is 3.87. The van der Waals surface area contributed by atoms with Gasteiger partial charge in [0.25, 0.3) is 0 Å². The number of fused-ring (bicyclic) bond motifs is 1. The Bertz CT molecular complexity index is 956. The van der Waals surface area contributed by atoms with E-state index in [-0.39, 0.29) is 18.0 Å². The fourth-order valence-corrected chi connectivity index (χ4v) is 4.31. The number of aromatic nitrogens is 3. The Hall–Kier alpha value is -2.52. The molecule has 9 heteroatoms. The molecule has 27 heavy (non-hydrogen) atoms. The first kappa shape index (κ1) is 17.9. The Morgan fingerprint density at radius 2 is 2.19 bits per heavy atom. The first-order valence-electron chi connectivity index (χ1n) is 8.50. The summed E-state index contributed by atoms with van der Waals surface area (Å²) in [5.74, 6) is 2.05. The van der Waals surface area contributed by atoms with Crippen molar-refractivity contribution in [3.63, 3.8) is 0 Å². The van der Waals surface area contributed by atoms with Crippen LogP contribution < -0.4 is 14.8 Å². The van der Waals surface area contributed by atoms with Crippen molar-refractivity contribution in [1.29, 1.82) is 0 Å². The number of hydrogen-bond donors (Lipinski definition) is 1. The van der Waals surface area contributed by atoms with E-state index in [9.17, 15) is 4.79 Å². The zero-order valence-electron chi connectivity index (χ0n) is 14.8. The SMILES string of the molecule is CCn1c(S[C@H](C)C(=O)Nc2ccc3c(c2)OCO3)nnc1-c1cccs1. The molecule has 0 saturated carbocycles. The smallest absolute Gasteiger partial charge is 0.237 e. The molecule has 0 spiro atoms. The van der Waals surface area contributed by atoms with E-state index in [0.717, 1.165) is 22.4 Å². The van der Waals surface area contributed by atoms with Gasteiger partial charge in [-0.15, -0.1) is 21.5 Å². The summed E-state index contributed by atoms with van der Waals surface area (Å²) in [5, 5.41) is 13.9. The summed E-state index contributed by atoms with van der Waals surface area (Å²) in [4.78, 5) is 13.7. The maximum absolute atomic E-state index is 12.6. The lowest BCUT2D eigenvalue weighted by molar-refractivity contribution is -0.115. The lowest BCUT2D eigenvalue weighted by Crippen LogP contribution is -2.22. The van der Waals surface area contributed by atoms with E-state index >= 15 is 0 Å². The van der Waals surface area contributed by atoms with Crippen LogP contribution in [0, 0.1) is 0 Å². The van der Waals surface area contributed by atoms with Gasteiger partial charge in [0.15, 0.2) is 22.5 Å². The van der Waals surface area contributed by atoms with E-state index in [1.165, 1.54) is 11.8 Å². The molecule has 1 aliphatic rings. The molecule has 0 radical (unpaired) electrons. The van der Waals surface area contributed by atoms with Gasteiger partial charge in [-0.05, 0) is 37.4 Å². The Morgan fingerprint density at radius 1 is 1.33 bits per heavy atom. The molecule has 0 saturated heterocycles. The molecule has 0 bridgehead atoms. The number of carbonyl (C=O) groups is 1. The van der Waals surface area contributed by atoms with Crippen molar-refractivity contribution in [2.75, 3.05) is 12.1 Å². The van der Waals surface area contributed by atoms with Gasteiger partial charge in [0.2, 0.25) is 12.7 Å². The van der Waals surface area contributed by atoms with E-state index < -0.39 is 0 Å². The maximum atomic E-state index is 12.6. The number of nitrogens with one attached hydrogen (secondary N) is 1.